The molecule has 4 rings (SSSR count). The summed E-state index contributed by atoms with van der Waals surface area (Å²) in [6, 6.07) is 17.9. The lowest BCUT2D eigenvalue weighted by Gasteiger charge is -2.37. The van der Waals surface area contributed by atoms with Gasteiger partial charge in [-0.3, -0.25) is 4.79 Å². The summed E-state index contributed by atoms with van der Waals surface area (Å²) >= 11 is 6.28. The Morgan fingerprint density at radius 1 is 1.03 bits per heavy atom. The molecule has 0 bridgehead atoms. The van der Waals surface area contributed by atoms with E-state index in [2.05, 4.69) is 24.8 Å². The van der Waals surface area contributed by atoms with Crippen molar-refractivity contribution in [3.05, 3.63) is 76.4 Å². The Morgan fingerprint density at radius 3 is 2.43 bits per heavy atom. The molecule has 3 aromatic rings. The molecule has 6 nitrogen and oxygen atoms in total. The predicted octanol–water partition coefficient (Wildman–Crippen LogP) is 5.23. The molecule has 1 amide bonds. The number of ether oxygens (including phenoxy) is 1. The smallest absolute Gasteiger partial charge is 0.222 e. The van der Waals surface area contributed by atoms with Crippen molar-refractivity contribution in [1.82, 2.24) is 14.9 Å². The average molecular weight is 493 g/mol. The molecule has 0 saturated carbocycles. The highest BCUT2D eigenvalue weighted by molar-refractivity contribution is 6.30. The number of carbonyl (C=O) groups excluding carboxylic acids is 1. The van der Waals surface area contributed by atoms with Crippen molar-refractivity contribution >= 4 is 23.3 Å². The van der Waals surface area contributed by atoms with Crippen molar-refractivity contribution in [2.45, 2.75) is 33.3 Å². The molecule has 0 aliphatic carbocycles. The summed E-state index contributed by atoms with van der Waals surface area (Å²) in [6.07, 6.45) is 1.24. The highest BCUT2D eigenvalue weighted by atomic mass is 35.5. The Labute approximate surface area is 212 Å². The number of amides is 1. The number of carbonyl (C=O) groups is 1. The van der Waals surface area contributed by atoms with E-state index in [0.717, 1.165) is 41.3 Å². The van der Waals surface area contributed by atoms with Crippen molar-refractivity contribution < 1.29 is 9.53 Å². The molecule has 0 atom stereocenters. The summed E-state index contributed by atoms with van der Waals surface area (Å²) in [7, 11) is 1.69. The van der Waals surface area contributed by atoms with Crippen LogP contribution in [0.25, 0.3) is 11.4 Å². The minimum atomic E-state index is 0.228. The number of anilines is 1. The zero-order valence-corrected chi connectivity index (χ0v) is 21.5. The van der Waals surface area contributed by atoms with Crippen molar-refractivity contribution in [3.63, 3.8) is 0 Å². The van der Waals surface area contributed by atoms with Crippen LogP contribution in [-0.2, 0) is 22.6 Å². The largest absolute Gasteiger partial charge is 0.378 e. The number of aromatic nitrogens is 2. The molecule has 1 aliphatic rings. The maximum atomic E-state index is 12.6. The minimum Gasteiger partial charge on any atom is -0.378 e. The molecular weight excluding hydrogens is 460 g/mol. The fourth-order valence-electron chi connectivity index (χ4n) is 4.43. The lowest BCUT2D eigenvalue weighted by molar-refractivity contribution is -0.132. The van der Waals surface area contributed by atoms with Gasteiger partial charge in [0.1, 0.15) is 5.82 Å². The third-order valence-corrected chi connectivity index (χ3v) is 6.40. The Hall–Kier alpha value is -2.96. The lowest BCUT2D eigenvalue weighted by atomic mass is 10.0. The first-order chi connectivity index (χ1) is 16.9. The summed E-state index contributed by atoms with van der Waals surface area (Å²) < 4.78 is 5.56. The Kier molecular flexibility index (Phi) is 8.37. The summed E-state index contributed by atoms with van der Waals surface area (Å²) in [5.74, 6) is 2.17. The fraction of sp³-hybridized carbons (Fsp3) is 0.393. The summed E-state index contributed by atoms with van der Waals surface area (Å²) in [6.45, 7) is 7.38. The van der Waals surface area contributed by atoms with Crippen LogP contribution < -0.4 is 4.90 Å². The van der Waals surface area contributed by atoms with E-state index in [4.69, 9.17) is 26.3 Å². The zero-order chi connectivity index (χ0) is 24.8. The van der Waals surface area contributed by atoms with Crippen LogP contribution in [0.5, 0.6) is 0 Å². The number of hydrogen-bond donors (Lipinski definition) is 0. The van der Waals surface area contributed by atoms with Crippen molar-refractivity contribution in [2.24, 2.45) is 5.92 Å². The standard InChI is InChI=1S/C28H33ClN4O2/c1-20(2)16-26(34)32-12-14-33(15-13-32)28-24(18-21-8-7-11-23(29)17-21)25(19-35-3)30-27(31-28)22-9-5-4-6-10-22/h4-11,17,20H,12-16,18-19H2,1-3H3. The second kappa shape index (κ2) is 11.6. The monoisotopic (exact) mass is 492 g/mol. The quantitative estimate of drug-likeness (QED) is 0.431. The molecule has 1 aromatic heterocycles. The van der Waals surface area contributed by atoms with Gasteiger partial charge < -0.3 is 14.5 Å². The van der Waals surface area contributed by atoms with Gasteiger partial charge >= 0.3 is 0 Å². The van der Waals surface area contributed by atoms with Gasteiger partial charge in [0, 0.05) is 62.3 Å². The van der Waals surface area contributed by atoms with Crippen LogP contribution in [0, 0.1) is 5.92 Å². The highest BCUT2D eigenvalue weighted by Gasteiger charge is 2.26. The first-order valence-corrected chi connectivity index (χ1v) is 12.5. The molecule has 0 N–H and O–H groups in total. The van der Waals surface area contributed by atoms with Gasteiger partial charge in [0.15, 0.2) is 5.82 Å². The zero-order valence-electron chi connectivity index (χ0n) is 20.7. The number of benzene rings is 2. The fourth-order valence-corrected chi connectivity index (χ4v) is 4.64. The third-order valence-electron chi connectivity index (χ3n) is 6.17. The van der Waals surface area contributed by atoms with E-state index in [1.54, 1.807) is 7.11 Å². The minimum absolute atomic E-state index is 0.228. The highest BCUT2D eigenvalue weighted by Crippen LogP contribution is 2.30. The molecule has 7 heteroatoms. The van der Waals surface area contributed by atoms with E-state index in [0.29, 0.717) is 49.3 Å². The molecule has 0 radical (unpaired) electrons. The van der Waals surface area contributed by atoms with Gasteiger partial charge in [-0.1, -0.05) is 67.9 Å². The molecule has 1 fully saturated rings. The molecule has 2 heterocycles. The van der Waals surface area contributed by atoms with E-state index in [9.17, 15) is 4.79 Å². The number of piperazine rings is 1. The first-order valence-electron chi connectivity index (χ1n) is 12.2. The number of nitrogens with zero attached hydrogens (tertiary/aromatic N) is 4. The molecule has 0 unspecified atom stereocenters. The van der Waals surface area contributed by atoms with Crippen LogP contribution in [0.3, 0.4) is 0 Å². The van der Waals surface area contributed by atoms with Crippen LogP contribution >= 0.6 is 11.6 Å². The van der Waals surface area contributed by atoms with Crippen LogP contribution in [-0.4, -0.2) is 54.1 Å². The van der Waals surface area contributed by atoms with Crippen LogP contribution in [0.4, 0.5) is 5.82 Å². The molecule has 2 aromatic carbocycles. The van der Waals surface area contributed by atoms with E-state index in [1.165, 1.54) is 0 Å². The first kappa shape index (κ1) is 25.1. The third kappa shape index (κ3) is 6.38. The van der Waals surface area contributed by atoms with E-state index in [-0.39, 0.29) is 5.91 Å². The summed E-state index contributed by atoms with van der Waals surface area (Å²) in [5.41, 5.74) is 3.97. The molecule has 184 valence electrons. The normalized spacial score (nSPS) is 14.0. The topological polar surface area (TPSA) is 58.6 Å². The predicted molar refractivity (Wildman–Crippen MR) is 141 cm³/mol. The Bertz CT molecular complexity index is 1140. The maximum Gasteiger partial charge on any atom is 0.222 e. The van der Waals surface area contributed by atoms with Crippen LogP contribution in [0.1, 0.15) is 37.1 Å². The van der Waals surface area contributed by atoms with Gasteiger partial charge in [0.2, 0.25) is 5.91 Å². The SMILES string of the molecule is COCc1nc(-c2ccccc2)nc(N2CCN(C(=O)CC(C)C)CC2)c1Cc1cccc(Cl)c1. The van der Waals surface area contributed by atoms with Gasteiger partial charge in [-0.15, -0.1) is 0 Å². The van der Waals surface area contributed by atoms with Crippen molar-refractivity contribution in [1.29, 1.82) is 0 Å². The number of methoxy groups -OCH3 is 1. The second-order valence-corrected chi connectivity index (χ2v) is 9.80. The van der Waals surface area contributed by atoms with Gasteiger partial charge in [-0.05, 0) is 23.6 Å². The Balaban J connectivity index is 1.71. The molecule has 1 saturated heterocycles. The lowest BCUT2D eigenvalue weighted by Crippen LogP contribution is -2.49. The Morgan fingerprint density at radius 2 is 1.77 bits per heavy atom. The van der Waals surface area contributed by atoms with Gasteiger partial charge in [-0.2, -0.15) is 0 Å². The van der Waals surface area contributed by atoms with Crippen molar-refractivity contribution in [3.8, 4) is 11.4 Å². The van der Waals surface area contributed by atoms with E-state index >= 15 is 0 Å². The second-order valence-electron chi connectivity index (χ2n) is 9.37. The maximum absolute atomic E-state index is 12.6. The average Bonchev–Trinajstić information content (AvgIpc) is 2.85. The number of hydrogen-bond acceptors (Lipinski definition) is 5. The van der Waals surface area contributed by atoms with Crippen LogP contribution in [0.2, 0.25) is 5.02 Å². The molecule has 1 aliphatic heterocycles. The van der Waals surface area contributed by atoms with Gasteiger partial charge in [0.25, 0.3) is 0 Å². The number of rotatable bonds is 8. The van der Waals surface area contributed by atoms with Gasteiger partial charge in [0.05, 0.1) is 12.3 Å². The molecular formula is C28H33ClN4O2. The van der Waals surface area contributed by atoms with Gasteiger partial charge in [-0.25, -0.2) is 9.97 Å². The summed E-state index contributed by atoms with van der Waals surface area (Å²) in [5, 5.41) is 0.705. The van der Waals surface area contributed by atoms with E-state index in [1.807, 2.05) is 53.4 Å². The van der Waals surface area contributed by atoms with E-state index < -0.39 is 0 Å². The molecule has 0 spiro atoms. The number of halogens is 1. The van der Waals surface area contributed by atoms with Crippen LogP contribution in [0.15, 0.2) is 54.6 Å². The molecule has 35 heavy (non-hydrogen) atoms. The van der Waals surface area contributed by atoms with Crippen molar-refractivity contribution in [2.75, 3.05) is 38.2 Å². The summed E-state index contributed by atoms with van der Waals surface area (Å²) in [4.78, 5) is 26.9.